The number of anilines is 1. The van der Waals surface area contributed by atoms with Gasteiger partial charge in [-0.3, -0.25) is 0 Å². The molecule has 0 radical (unpaired) electrons. The Morgan fingerprint density at radius 1 is 1.47 bits per heavy atom. The third kappa shape index (κ3) is 4.41. The Bertz CT molecular complexity index is 443. The van der Waals surface area contributed by atoms with Gasteiger partial charge in [-0.05, 0) is 61.4 Å². The summed E-state index contributed by atoms with van der Waals surface area (Å²) in [5.41, 5.74) is 0.848. The van der Waals surface area contributed by atoms with Crippen molar-refractivity contribution in [2.24, 2.45) is 0 Å². The van der Waals surface area contributed by atoms with E-state index in [-0.39, 0.29) is 5.54 Å². The van der Waals surface area contributed by atoms with Crippen molar-refractivity contribution in [1.29, 1.82) is 0 Å². The fourth-order valence-electron chi connectivity index (χ4n) is 1.12. The Balaban J connectivity index is 2.83. The lowest BCUT2D eigenvalue weighted by atomic mass is 10.1. The molecule has 1 aromatic heterocycles. The number of hydrogen-bond donors (Lipinski definition) is 2. The van der Waals surface area contributed by atoms with Gasteiger partial charge in [0, 0.05) is 11.7 Å². The van der Waals surface area contributed by atoms with Gasteiger partial charge < -0.3 is 10.6 Å². The van der Waals surface area contributed by atoms with E-state index >= 15 is 0 Å². The van der Waals surface area contributed by atoms with E-state index in [9.17, 15) is 0 Å². The van der Waals surface area contributed by atoms with E-state index in [4.69, 9.17) is 23.8 Å². The Kier molecular flexibility index (Phi) is 4.75. The van der Waals surface area contributed by atoms with Crippen molar-refractivity contribution >= 4 is 50.7 Å². The van der Waals surface area contributed by atoms with E-state index in [1.54, 1.807) is 6.20 Å². The summed E-state index contributed by atoms with van der Waals surface area (Å²) in [5.74, 6) is 0.661. The lowest BCUT2D eigenvalue weighted by Gasteiger charge is -2.23. The maximum atomic E-state index is 5.96. The van der Waals surface area contributed by atoms with Gasteiger partial charge in [0.05, 0.1) is 9.50 Å². The molecule has 94 valence electrons. The van der Waals surface area contributed by atoms with Gasteiger partial charge >= 0.3 is 0 Å². The third-order valence-corrected chi connectivity index (χ3v) is 3.48. The minimum absolute atomic E-state index is 0.0853. The monoisotopic (exact) mass is 335 g/mol. The van der Waals surface area contributed by atoms with Crippen LogP contribution in [0.4, 0.5) is 5.82 Å². The summed E-state index contributed by atoms with van der Waals surface area (Å²) < 4.78 is 0.822. The van der Waals surface area contributed by atoms with Crippen LogP contribution in [0.2, 0.25) is 5.02 Å². The normalized spacial score (nSPS) is 11.2. The number of thiocarbonyl (C=S) groups is 1. The zero-order valence-electron chi connectivity index (χ0n) is 10.2. The summed E-state index contributed by atoms with van der Waals surface area (Å²) in [6.45, 7) is 8.03. The van der Waals surface area contributed by atoms with Gasteiger partial charge in [0.15, 0.2) is 5.11 Å². The van der Waals surface area contributed by atoms with Crippen LogP contribution in [0.25, 0.3) is 0 Å². The average molecular weight is 337 g/mol. The molecule has 2 N–H and O–H groups in total. The minimum atomic E-state index is -0.0853. The fraction of sp³-hybridized carbons (Fsp3) is 0.455. The minimum Gasteiger partial charge on any atom is -0.358 e. The molecule has 0 fully saturated rings. The van der Waals surface area contributed by atoms with Gasteiger partial charge in [-0.2, -0.15) is 0 Å². The summed E-state index contributed by atoms with van der Waals surface area (Å²) in [6, 6.07) is 0. The molecule has 17 heavy (non-hydrogen) atoms. The van der Waals surface area contributed by atoms with Crippen LogP contribution in [0.1, 0.15) is 26.3 Å². The van der Waals surface area contributed by atoms with Gasteiger partial charge in [0.2, 0.25) is 0 Å². The van der Waals surface area contributed by atoms with E-state index in [2.05, 4.69) is 31.5 Å². The lowest BCUT2D eigenvalue weighted by Crippen LogP contribution is -2.43. The highest BCUT2D eigenvalue weighted by atomic mass is 79.9. The van der Waals surface area contributed by atoms with Crippen molar-refractivity contribution in [2.75, 3.05) is 5.32 Å². The van der Waals surface area contributed by atoms with Gasteiger partial charge in [-0.25, -0.2) is 4.98 Å². The van der Waals surface area contributed by atoms with Crippen molar-refractivity contribution in [1.82, 2.24) is 10.3 Å². The molecule has 6 heteroatoms. The fourth-order valence-corrected chi connectivity index (χ4v) is 2.20. The molecule has 1 rings (SSSR count). The van der Waals surface area contributed by atoms with Crippen LogP contribution in [0.3, 0.4) is 0 Å². The molecule has 0 aliphatic heterocycles. The van der Waals surface area contributed by atoms with Gasteiger partial charge in [-0.15, -0.1) is 0 Å². The number of nitrogens with one attached hydrogen (secondary N) is 2. The zero-order valence-corrected chi connectivity index (χ0v) is 13.3. The first-order valence-corrected chi connectivity index (χ1v) is 6.68. The van der Waals surface area contributed by atoms with Gasteiger partial charge in [0.1, 0.15) is 5.82 Å². The first-order valence-electron chi connectivity index (χ1n) is 5.10. The quantitative estimate of drug-likeness (QED) is 0.763. The van der Waals surface area contributed by atoms with Crippen LogP contribution in [0.15, 0.2) is 10.7 Å². The summed E-state index contributed by atoms with van der Waals surface area (Å²) in [5, 5.41) is 7.35. The van der Waals surface area contributed by atoms with Crippen LogP contribution in [0.5, 0.6) is 0 Å². The zero-order chi connectivity index (χ0) is 13.2. The first kappa shape index (κ1) is 14.7. The SMILES string of the molecule is Cc1c(Cl)cnc(NC(=S)NC(C)(C)C)c1Br. The summed E-state index contributed by atoms with van der Waals surface area (Å²) >= 11 is 14.6. The molecule has 0 aliphatic rings. The number of hydrogen-bond acceptors (Lipinski definition) is 2. The molecule has 0 aromatic carbocycles. The molecule has 1 aromatic rings. The molecular weight excluding hydrogens is 322 g/mol. The molecule has 0 amide bonds. The smallest absolute Gasteiger partial charge is 0.172 e. The molecule has 0 unspecified atom stereocenters. The molecule has 3 nitrogen and oxygen atoms in total. The van der Waals surface area contributed by atoms with Crippen LogP contribution >= 0.6 is 39.7 Å². The maximum Gasteiger partial charge on any atom is 0.172 e. The molecular formula is C11H15BrClN3S. The third-order valence-electron chi connectivity index (χ3n) is 1.92. The molecule has 0 bridgehead atoms. The number of pyridine rings is 1. The van der Waals surface area contributed by atoms with Crippen LogP contribution in [-0.2, 0) is 0 Å². The van der Waals surface area contributed by atoms with Crippen LogP contribution < -0.4 is 10.6 Å². The maximum absolute atomic E-state index is 5.96. The van der Waals surface area contributed by atoms with E-state index in [0.29, 0.717) is 16.0 Å². The highest BCUT2D eigenvalue weighted by Crippen LogP contribution is 2.28. The van der Waals surface area contributed by atoms with Gasteiger partial charge in [-0.1, -0.05) is 11.6 Å². The molecule has 1 heterocycles. The molecule has 0 aliphatic carbocycles. The molecule has 0 spiro atoms. The first-order chi connectivity index (χ1) is 7.70. The summed E-state index contributed by atoms with van der Waals surface area (Å²) in [4.78, 5) is 4.19. The molecule has 0 saturated carbocycles. The standard InChI is InChI=1S/C11H15BrClN3S/c1-6-7(13)5-14-9(8(6)12)15-10(17)16-11(2,3)4/h5H,1-4H3,(H2,14,15,16,17). The number of halogens is 2. The second-order valence-electron chi connectivity index (χ2n) is 4.72. The molecule has 0 atom stereocenters. The summed E-state index contributed by atoms with van der Waals surface area (Å²) in [7, 11) is 0. The lowest BCUT2D eigenvalue weighted by molar-refractivity contribution is 0.515. The van der Waals surface area contributed by atoms with E-state index in [1.165, 1.54) is 0 Å². The largest absolute Gasteiger partial charge is 0.358 e. The van der Waals surface area contributed by atoms with Crippen LogP contribution in [-0.4, -0.2) is 15.6 Å². The van der Waals surface area contributed by atoms with E-state index in [0.717, 1.165) is 10.0 Å². The Morgan fingerprint density at radius 2 is 2.06 bits per heavy atom. The van der Waals surface area contributed by atoms with Crippen molar-refractivity contribution in [2.45, 2.75) is 33.2 Å². The second kappa shape index (κ2) is 5.50. The van der Waals surface area contributed by atoms with Crippen molar-refractivity contribution in [3.8, 4) is 0 Å². The number of nitrogens with zero attached hydrogens (tertiary/aromatic N) is 1. The number of aromatic nitrogens is 1. The topological polar surface area (TPSA) is 37.0 Å². The Hall–Kier alpha value is -0.390. The van der Waals surface area contributed by atoms with E-state index in [1.807, 2.05) is 27.7 Å². The predicted molar refractivity (Wildman–Crippen MR) is 80.8 cm³/mol. The van der Waals surface area contributed by atoms with Crippen LogP contribution in [0, 0.1) is 6.92 Å². The second-order valence-corrected chi connectivity index (χ2v) is 6.33. The Morgan fingerprint density at radius 3 is 2.59 bits per heavy atom. The van der Waals surface area contributed by atoms with Crippen molar-refractivity contribution in [3.63, 3.8) is 0 Å². The number of rotatable bonds is 1. The highest BCUT2D eigenvalue weighted by molar-refractivity contribution is 9.10. The van der Waals surface area contributed by atoms with E-state index < -0.39 is 0 Å². The van der Waals surface area contributed by atoms with Gasteiger partial charge in [0.25, 0.3) is 0 Å². The average Bonchev–Trinajstić information content (AvgIpc) is 2.16. The predicted octanol–water partition coefficient (Wildman–Crippen LogP) is 3.89. The Labute approximate surface area is 120 Å². The summed E-state index contributed by atoms with van der Waals surface area (Å²) in [6.07, 6.45) is 1.60. The van der Waals surface area contributed by atoms with Crippen molar-refractivity contribution < 1.29 is 0 Å². The highest BCUT2D eigenvalue weighted by Gasteiger charge is 2.13. The molecule has 0 saturated heterocycles. The van der Waals surface area contributed by atoms with Crippen molar-refractivity contribution in [3.05, 3.63) is 21.3 Å².